The van der Waals surface area contributed by atoms with Crippen LogP contribution in [0.1, 0.15) is 17.7 Å². The van der Waals surface area contributed by atoms with Crippen LogP contribution in [-0.2, 0) is 11.2 Å². The van der Waals surface area contributed by atoms with Crippen molar-refractivity contribution in [2.75, 3.05) is 18.1 Å². The van der Waals surface area contributed by atoms with E-state index in [1.54, 1.807) is 18.0 Å². The fourth-order valence-corrected chi connectivity index (χ4v) is 3.69. The number of hydrogen-bond donors (Lipinski definition) is 2. The van der Waals surface area contributed by atoms with E-state index in [2.05, 4.69) is 10.3 Å². The second-order valence-corrected chi connectivity index (χ2v) is 6.96. The number of oxazole rings is 1. The molecule has 1 unspecified atom stereocenters. The van der Waals surface area contributed by atoms with Crippen LogP contribution in [0.15, 0.2) is 34.9 Å². The Morgan fingerprint density at radius 3 is 2.91 bits per heavy atom. The lowest BCUT2D eigenvalue weighted by Crippen LogP contribution is -2.47. The summed E-state index contributed by atoms with van der Waals surface area (Å²) in [5, 5.41) is 13.0. The average molecular weight is 332 g/mol. The predicted molar refractivity (Wildman–Crippen MR) is 90.3 cm³/mol. The van der Waals surface area contributed by atoms with Crippen LogP contribution in [0.3, 0.4) is 0 Å². The number of thioether (sulfide) groups is 1. The van der Waals surface area contributed by atoms with Crippen molar-refractivity contribution in [3.63, 3.8) is 0 Å². The lowest BCUT2D eigenvalue weighted by molar-refractivity contribution is -0.137. The fourth-order valence-electron chi connectivity index (χ4n) is 2.45. The van der Waals surface area contributed by atoms with Gasteiger partial charge in [0.05, 0.1) is 5.69 Å². The van der Waals surface area contributed by atoms with E-state index >= 15 is 0 Å². The highest BCUT2D eigenvalue weighted by Gasteiger charge is 2.39. The van der Waals surface area contributed by atoms with Crippen LogP contribution in [0.5, 0.6) is 0 Å². The third kappa shape index (κ3) is 3.76. The largest absolute Gasteiger partial charge is 0.444 e. The highest BCUT2D eigenvalue weighted by molar-refractivity contribution is 7.99. The molecule has 1 saturated heterocycles. The molecule has 2 heterocycles. The number of nitrogens with one attached hydrogen (secondary N) is 1. The van der Waals surface area contributed by atoms with Gasteiger partial charge >= 0.3 is 0 Å². The van der Waals surface area contributed by atoms with Crippen LogP contribution < -0.4 is 5.32 Å². The molecule has 1 fully saturated rings. The standard InChI is InChI=1S/C17H20N2O3S/c1-12-2-4-13(5-3-12)15-19-14(10-22-15)6-8-18-16(20)17(21)7-9-23-11-17/h2-5,10,21H,6-9,11H2,1H3,(H,18,20). The zero-order valence-corrected chi connectivity index (χ0v) is 13.9. The molecule has 0 saturated carbocycles. The number of nitrogens with zero attached hydrogens (tertiary/aromatic N) is 1. The Hall–Kier alpha value is -1.79. The molecule has 0 aliphatic carbocycles. The van der Waals surface area contributed by atoms with Gasteiger partial charge in [0.25, 0.3) is 5.91 Å². The van der Waals surface area contributed by atoms with Crippen LogP contribution in [-0.4, -0.2) is 39.6 Å². The van der Waals surface area contributed by atoms with E-state index in [-0.39, 0.29) is 5.91 Å². The van der Waals surface area contributed by atoms with Gasteiger partial charge in [-0.3, -0.25) is 4.79 Å². The molecule has 1 aliphatic heterocycles. The Kier molecular flexibility index (Phi) is 4.73. The quantitative estimate of drug-likeness (QED) is 0.878. The summed E-state index contributed by atoms with van der Waals surface area (Å²) in [7, 11) is 0. The zero-order chi connectivity index (χ0) is 16.3. The molecule has 1 amide bonds. The first kappa shape index (κ1) is 16.1. The Bertz CT molecular complexity index is 675. The number of rotatable bonds is 5. The number of benzene rings is 1. The number of aryl methyl sites for hydroxylation is 1. The molecule has 1 aliphatic rings. The molecule has 6 heteroatoms. The Balaban J connectivity index is 1.53. The van der Waals surface area contributed by atoms with E-state index in [0.717, 1.165) is 17.0 Å². The van der Waals surface area contributed by atoms with Crippen molar-refractivity contribution < 1.29 is 14.3 Å². The maximum Gasteiger partial charge on any atom is 0.252 e. The molecule has 1 aromatic heterocycles. The van der Waals surface area contributed by atoms with Crippen LogP contribution in [0.2, 0.25) is 0 Å². The van der Waals surface area contributed by atoms with Gasteiger partial charge in [0.1, 0.15) is 6.26 Å². The first-order valence-corrected chi connectivity index (χ1v) is 8.82. The Morgan fingerprint density at radius 1 is 1.43 bits per heavy atom. The smallest absolute Gasteiger partial charge is 0.252 e. The molecule has 2 aromatic rings. The summed E-state index contributed by atoms with van der Waals surface area (Å²) in [5.41, 5.74) is 1.70. The summed E-state index contributed by atoms with van der Waals surface area (Å²) >= 11 is 1.60. The summed E-state index contributed by atoms with van der Waals surface area (Å²) in [6, 6.07) is 7.97. The van der Waals surface area contributed by atoms with Crippen molar-refractivity contribution in [1.82, 2.24) is 10.3 Å². The summed E-state index contributed by atoms with van der Waals surface area (Å²) in [5.74, 6) is 1.59. The number of carbonyl (C=O) groups is 1. The Morgan fingerprint density at radius 2 is 2.22 bits per heavy atom. The first-order chi connectivity index (χ1) is 11.1. The van der Waals surface area contributed by atoms with Gasteiger partial charge in [0.15, 0.2) is 5.60 Å². The lowest BCUT2D eigenvalue weighted by Gasteiger charge is -2.19. The third-order valence-electron chi connectivity index (χ3n) is 3.94. The number of amides is 1. The molecular weight excluding hydrogens is 312 g/mol. The minimum Gasteiger partial charge on any atom is -0.444 e. The number of aromatic nitrogens is 1. The number of hydrogen-bond acceptors (Lipinski definition) is 5. The van der Waals surface area contributed by atoms with E-state index in [1.807, 2.05) is 31.2 Å². The molecule has 0 bridgehead atoms. The van der Waals surface area contributed by atoms with Crippen molar-refractivity contribution in [2.24, 2.45) is 0 Å². The molecule has 122 valence electrons. The molecule has 1 atom stereocenters. The van der Waals surface area contributed by atoms with Crippen molar-refractivity contribution in [3.05, 3.63) is 41.8 Å². The van der Waals surface area contributed by atoms with Crippen LogP contribution >= 0.6 is 11.8 Å². The van der Waals surface area contributed by atoms with Gasteiger partial charge < -0.3 is 14.8 Å². The maximum absolute atomic E-state index is 12.0. The molecular formula is C17H20N2O3S. The molecule has 5 nitrogen and oxygen atoms in total. The average Bonchev–Trinajstić information content (AvgIpc) is 3.18. The van der Waals surface area contributed by atoms with Crippen LogP contribution in [0, 0.1) is 6.92 Å². The van der Waals surface area contributed by atoms with Gasteiger partial charge in [-0.1, -0.05) is 17.7 Å². The molecule has 0 spiro atoms. The zero-order valence-electron chi connectivity index (χ0n) is 13.0. The second kappa shape index (κ2) is 6.76. The van der Waals surface area contributed by atoms with Crippen molar-refractivity contribution >= 4 is 17.7 Å². The summed E-state index contributed by atoms with van der Waals surface area (Å²) in [6.07, 6.45) is 2.71. The number of carbonyl (C=O) groups excluding carboxylic acids is 1. The Labute approximate surface area is 139 Å². The SMILES string of the molecule is Cc1ccc(-c2nc(CCNC(=O)C3(O)CCSC3)co2)cc1. The fraction of sp³-hybridized carbons (Fsp3) is 0.412. The summed E-state index contributed by atoms with van der Waals surface area (Å²) < 4.78 is 5.49. The van der Waals surface area contributed by atoms with Gasteiger partial charge in [-0.25, -0.2) is 4.98 Å². The van der Waals surface area contributed by atoms with Gasteiger partial charge in [0, 0.05) is 24.3 Å². The van der Waals surface area contributed by atoms with E-state index in [9.17, 15) is 9.90 Å². The monoisotopic (exact) mass is 332 g/mol. The first-order valence-electron chi connectivity index (χ1n) is 7.67. The van der Waals surface area contributed by atoms with Crippen molar-refractivity contribution in [1.29, 1.82) is 0 Å². The van der Waals surface area contributed by atoms with Crippen molar-refractivity contribution in [2.45, 2.75) is 25.4 Å². The van der Waals surface area contributed by atoms with E-state index in [4.69, 9.17) is 4.42 Å². The van der Waals surface area contributed by atoms with Crippen LogP contribution in [0.4, 0.5) is 0 Å². The van der Waals surface area contributed by atoms with E-state index in [1.165, 1.54) is 5.56 Å². The molecule has 2 N–H and O–H groups in total. The molecule has 1 aromatic carbocycles. The molecule has 3 rings (SSSR count). The highest BCUT2D eigenvalue weighted by Crippen LogP contribution is 2.27. The summed E-state index contributed by atoms with van der Waals surface area (Å²) in [6.45, 7) is 2.47. The van der Waals surface area contributed by atoms with E-state index < -0.39 is 5.60 Å². The molecule has 0 radical (unpaired) electrons. The normalized spacial score (nSPS) is 20.6. The van der Waals surface area contributed by atoms with Gasteiger partial charge in [-0.05, 0) is 31.2 Å². The second-order valence-electron chi connectivity index (χ2n) is 5.85. The highest BCUT2D eigenvalue weighted by atomic mass is 32.2. The predicted octanol–water partition coefficient (Wildman–Crippen LogP) is 2.18. The topological polar surface area (TPSA) is 75.4 Å². The van der Waals surface area contributed by atoms with E-state index in [0.29, 0.717) is 31.0 Å². The maximum atomic E-state index is 12.0. The van der Waals surface area contributed by atoms with Gasteiger partial charge in [0.2, 0.25) is 5.89 Å². The van der Waals surface area contributed by atoms with Crippen LogP contribution in [0.25, 0.3) is 11.5 Å². The number of aliphatic hydroxyl groups is 1. The third-order valence-corrected chi connectivity index (χ3v) is 5.11. The lowest BCUT2D eigenvalue weighted by atomic mass is 10.0. The van der Waals surface area contributed by atoms with Gasteiger partial charge in [-0.2, -0.15) is 11.8 Å². The van der Waals surface area contributed by atoms with Gasteiger partial charge in [-0.15, -0.1) is 0 Å². The molecule has 23 heavy (non-hydrogen) atoms. The minimum atomic E-state index is -1.21. The minimum absolute atomic E-state index is 0.287. The van der Waals surface area contributed by atoms with Crippen molar-refractivity contribution in [3.8, 4) is 11.5 Å². The summed E-state index contributed by atoms with van der Waals surface area (Å²) in [4.78, 5) is 16.4.